The number of rotatable bonds is 5. The van der Waals surface area contributed by atoms with Gasteiger partial charge in [-0.15, -0.1) is 0 Å². The zero-order chi connectivity index (χ0) is 11.6. The van der Waals surface area contributed by atoms with Crippen molar-refractivity contribution in [1.29, 1.82) is 0 Å². The molecule has 15 heavy (non-hydrogen) atoms. The molecule has 1 aromatic rings. The smallest absolute Gasteiger partial charge is 0.377 e. The van der Waals surface area contributed by atoms with Gasteiger partial charge in [-0.05, 0) is 10.8 Å². The van der Waals surface area contributed by atoms with Crippen molar-refractivity contribution in [3.63, 3.8) is 0 Å². The van der Waals surface area contributed by atoms with Crippen LogP contribution in [0.3, 0.4) is 0 Å². The molecule has 0 fully saturated rings. The predicted octanol–water partition coefficient (Wildman–Crippen LogP) is 3.02. The van der Waals surface area contributed by atoms with Crippen LogP contribution in [0.4, 0.5) is 0 Å². The van der Waals surface area contributed by atoms with E-state index in [1.54, 1.807) is 32.7 Å². The molecule has 1 rings (SSSR count). The summed E-state index contributed by atoms with van der Waals surface area (Å²) >= 11 is 1.71. The lowest BCUT2D eigenvalue weighted by Crippen LogP contribution is -2.42. The van der Waals surface area contributed by atoms with Crippen molar-refractivity contribution in [1.82, 2.24) is 0 Å². The maximum Gasteiger partial charge on any atom is 0.500 e. The van der Waals surface area contributed by atoms with Crippen molar-refractivity contribution >= 4 is 20.1 Å². The Kier molecular flexibility index (Phi) is 8.93. The van der Waals surface area contributed by atoms with E-state index in [1.165, 1.54) is 0 Å². The SMILES string of the molecule is CCC[Si](OC)(OC)OC.c1ccsc1. The van der Waals surface area contributed by atoms with Crippen LogP contribution in [0.25, 0.3) is 0 Å². The molecule has 0 aliphatic heterocycles. The predicted molar refractivity (Wildman–Crippen MR) is 66.2 cm³/mol. The molecular weight excluding hydrogens is 228 g/mol. The molecule has 0 atom stereocenters. The fraction of sp³-hybridized carbons (Fsp3) is 0.600. The minimum Gasteiger partial charge on any atom is -0.377 e. The second-order valence-electron chi connectivity index (χ2n) is 2.84. The molecule has 0 bridgehead atoms. The van der Waals surface area contributed by atoms with Crippen LogP contribution in [0.15, 0.2) is 22.9 Å². The third-order valence-electron chi connectivity index (χ3n) is 1.91. The van der Waals surface area contributed by atoms with Gasteiger partial charge in [0.2, 0.25) is 0 Å². The first-order chi connectivity index (χ1) is 7.24. The van der Waals surface area contributed by atoms with Crippen molar-refractivity contribution < 1.29 is 13.3 Å². The van der Waals surface area contributed by atoms with Crippen LogP contribution in [0, 0.1) is 0 Å². The molecule has 0 saturated carbocycles. The van der Waals surface area contributed by atoms with Crippen LogP contribution in [-0.4, -0.2) is 30.1 Å². The van der Waals surface area contributed by atoms with Crippen LogP contribution in [0.5, 0.6) is 0 Å². The van der Waals surface area contributed by atoms with E-state index in [0.29, 0.717) is 0 Å². The highest BCUT2D eigenvalue weighted by Crippen LogP contribution is 2.13. The van der Waals surface area contributed by atoms with E-state index in [1.807, 2.05) is 22.9 Å². The van der Waals surface area contributed by atoms with E-state index in [9.17, 15) is 0 Å². The Hall–Kier alpha value is -0.203. The highest BCUT2D eigenvalue weighted by atomic mass is 32.1. The summed E-state index contributed by atoms with van der Waals surface area (Å²) in [6, 6.07) is 4.92. The van der Waals surface area contributed by atoms with E-state index in [4.69, 9.17) is 13.3 Å². The molecule has 88 valence electrons. The molecule has 3 nitrogen and oxygen atoms in total. The van der Waals surface area contributed by atoms with Crippen molar-refractivity contribution in [3.05, 3.63) is 22.9 Å². The molecule has 0 N–H and O–H groups in total. The number of hydrogen-bond donors (Lipinski definition) is 0. The molecule has 0 amide bonds. The first-order valence-corrected chi connectivity index (χ1v) is 7.74. The lowest BCUT2D eigenvalue weighted by molar-refractivity contribution is 0.123. The summed E-state index contributed by atoms with van der Waals surface area (Å²) in [7, 11) is 2.68. The summed E-state index contributed by atoms with van der Waals surface area (Å²) in [5.41, 5.74) is 0. The Labute approximate surface area is 97.4 Å². The summed E-state index contributed by atoms with van der Waals surface area (Å²) in [4.78, 5) is 0. The van der Waals surface area contributed by atoms with Gasteiger partial charge in [0.15, 0.2) is 0 Å². The number of thiophene rings is 1. The summed E-state index contributed by atoms with van der Waals surface area (Å²) in [5, 5.41) is 4.08. The third-order valence-corrected chi connectivity index (χ3v) is 5.52. The summed E-state index contributed by atoms with van der Waals surface area (Å²) < 4.78 is 15.5. The van der Waals surface area contributed by atoms with Gasteiger partial charge in [0.1, 0.15) is 0 Å². The molecule has 0 aliphatic rings. The molecule has 0 radical (unpaired) electrons. The Morgan fingerprint density at radius 3 is 1.60 bits per heavy atom. The summed E-state index contributed by atoms with van der Waals surface area (Å²) in [6.45, 7) is 2.08. The van der Waals surface area contributed by atoms with Gasteiger partial charge in [-0.2, -0.15) is 11.3 Å². The van der Waals surface area contributed by atoms with Crippen molar-refractivity contribution in [2.45, 2.75) is 19.4 Å². The van der Waals surface area contributed by atoms with Gasteiger partial charge in [-0.3, -0.25) is 0 Å². The molecular formula is C10H20O3SSi. The largest absolute Gasteiger partial charge is 0.500 e. The average molecular weight is 248 g/mol. The monoisotopic (exact) mass is 248 g/mol. The second-order valence-corrected chi connectivity index (χ2v) is 6.75. The van der Waals surface area contributed by atoms with E-state index >= 15 is 0 Å². The van der Waals surface area contributed by atoms with Gasteiger partial charge in [-0.25, -0.2) is 0 Å². The van der Waals surface area contributed by atoms with Crippen LogP contribution in [-0.2, 0) is 13.3 Å². The van der Waals surface area contributed by atoms with E-state index in [0.717, 1.165) is 12.5 Å². The molecule has 1 aromatic heterocycles. The Balaban J connectivity index is 0.000000322. The molecule has 1 heterocycles. The second kappa shape index (κ2) is 9.05. The van der Waals surface area contributed by atoms with Gasteiger partial charge in [0, 0.05) is 27.4 Å². The van der Waals surface area contributed by atoms with Crippen molar-refractivity contribution in [3.8, 4) is 0 Å². The Morgan fingerprint density at radius 1 is 1.00 bits per heavy atom. The molecule has 0 unspecified atom stereocenters. The molecule has 0 saturated heterocycles. The summed E-state index contributed by atoms with van der Waals surface area (Å²) in [5.74, 6) is 0. The standard InChI is InChI=1S/C6H16O3Si.C4H4S/c1-5-6-10(7-2,8-3)9-4;1-2-4-5-3-1/h5-6H2,1-4H3;1-4H. The maximum atomic E-state index is 5.17. The van der Waals surface area contributed by atoms with Gasteiger partial charge in [-0.1, -0.05) is 25.5 Å². The normalized spacial score (nSPS) is 10.7. The first-order valence-electron chi connectivity index (χ1n) is 4.87. The van der Waals surface area contributed by atoms with Crippen molar-refractivity contribution in [2.24, 2.45) is 0 Å². The Bertz CT molecular complexity index is 187. The van der Waals surface area contributed by atoms with E-state index in [2.05, 4.69) is 6.92 Å². The lowest BCUT2D eigenvalue weighted by Gasteiger charge is -2.23. The zero-order valence-corrected chi connectivity index (χ0v) is 11.7. The fourth-order valence-electron chi connectivity index (χ4n) is 1.09. The third kappa shape index (κ3) is 6.06. The van der Waals surface area contributed by atoms with Crippen molar-refractivity contribution in [2.75, 3.05) is 21.3 Å². The average Bonchev–Trinajstić information content (AvgIpc) is 2.85. The zero-order valence-electron chi connectivity index (χ0n) is 9.86. The van der Waals surface area contributed by atoms with Gasteiger partial charge >= 0.3 is 8.80 Å². The molecule has 0 aliphatic carbocycles. The minimum absolute atomic E-state index is 0.885. The molecule has 0 aromatic carbocycles. The fourth-order valence-corrected chi connectivity index (χ4v) is 3.27. The lowest BCUT2D eigenvalue weighted by atomic mass is 10.6. The Morgan fingerprint density at radius 2 is 1.47 bits per heavy atom. The van der Waals surface area contributed by atoms with Crippen LogP contribution >= 0.6 is 11.3 Å². The maximum absolute atomic E-state index is 5.17. The first kappa shape index (κ1) is 14.8. The quantitative estimate of drug-likeness (QED) is 0.750. The highest BCUT2D eigenvalue weighted by Gasteiger charge is 2.36. The van der Waals surface area contributed by atoms with Crippen LogP contribution < -0.4 is 0 Å². The summed E-state index contributed by atoms with van der Waals surface area (Å²) in [6.07, 6.45) is 1.03. The molecule has 0 spiro atoms. The van der Waals surface area contributed by atoms with Crippen LogP contribution in [0.2, 0.25) is 6.04 Å². The molecule has 5 heteroatoms. The minimum atomic E-state index is -2.22. The van der Waals surface area contributed by atoms with Crippen LogP contribution in [0.1, 0.15) is 13.3 Å². The van der Waals surface area contributed by atoms with Gasteiger partial charge in [0.05, 0.1) is 0 Å². The number of hydrogen-bond acceptors (Lipinski definition) is 4. The van der Waals surface area contributed by atoms with E-state index < -0.39 is 8.80 Å². The topological polar surface area (TPSA) is 27.7 Å². The van der Waals surface area contributed by atoms with Gasteiger partial charge < -0.3 is 13.3 Å². The van der Waals surface area contributed by atoms with E-state index in [-0.39, 0.29) is 0 Å². The highest BCUT2D eigenvalue weighted by molar-refractivity contribution is 7.07. The van der Waals surface area contributed by atoms with Gasteiger partial charge in [0.25, 0.3) is 0 Å².